The zero-order chi connectivity index (χ0) is 22.6. The molecule has 1 saturated heterocycles. The van der Waals surface area contributed by atoms with Crippen molar-refractivity contribution in [2.45, 2.75) is 17.0 Å². The van der Waals surface area contributed by atoms with Crippen molar-refractivity contribution in [3.8, 4) is 0 Å². The lowest BCUT2D eigenvalue weighted by molar-refractivity contribution is 0.311. The van der Waals surface area contributed by atoms with Crippen molar-refractivity contribution < 1.29 is 0 Å². The number of likely N-dealkylation sites (N-methyl/N-ethyl adjacent to an activating group) is 1. The number of anilines is 2. The van der Waals surface area contributed by atoms with E-state index < -0.39 is 0 Å². The van der Waals surface area contributed by atoms with Crippen LogP contribution in [0.1, 0.15) is 11.1 Å². The van der Waals surface area contributed by atoms with Gasteiger partial charge in [-0.1, -0.05) is 48.0 Å². The third kappa shape index (κ3) is 5.40. The molecule has 0 radical (unpaired) electrons. The van der Waals surface area contributed by atoms with Crippen LogP contribution in [0.3, 0.4) is 0 Å². The van der Waals surface area contributed by atoms with Gasteiger partial charge in [-0.15, -0.1) is 0 Å². The van der Waals surface area contributed by atoms with Crippen LogP contribution in [0.15, 0.2) is 75.7 Å². The van der Waals surface area contributed by atoms with Gasteiger partial charge in [0.25, 0.3) is 0 Å². The molecule has 7 nitrogen and oxygen atoms in total. The van der Waals surface area contributed by atoms with Crippen LogP contribution in [-0.4, -0.2) is 65.5 Å². The van der Waals surface area contributed by atoms with Crippen molar-refractivity contribution in [1.29, 1.82) is 0 Å². The van der Waals surface area contributed by atoms with Crippen molar-refractivity contribution in [1.82, 2.24) is 19.9 Å². The third-order valence-corrected chi connectivity index (χ3v) is 6.61. The predicted octanol–water partition coefficient (Wildman–Crippen LogP) is 3.99. The largest absolute Gasteiger partial charge is 0.338 e. The molecule has 0 spiro atoms. The van der Waals surface area contributed by atoms with Crippen LogP contribution >= 0.6 is 11.8 Å². The first-order chi connectivity index (χ1) is 16.1. The van der Waals surface area contributed by atoms with Crippen molar-refractivity contribution in [2.24, 2.45) is 4.99 Å². The van der Waals surface area contributed by atoms with Crippen LogP contribution in [0.25, 0.3) is 5.57 Å². The Morgan fingerprint density at radius 2 is 1.64 bits per heavy atom. The van der Waals surface area contributed by atoms with Crippen LogP contribution in [-0.2, 0) is 0 Å². The van der Waals surface area contributed by atoms with Gasteiger partial charge in [0.15, 0.2) is 5.16 Å². The third-order valence-electron chi connectivity index (χ3n) is 5.73. The minimum absolute atomic E-state index is 0.525. The first-order valence-electron chi connectivity index (χ1n) is 11.1. The van der Waals surface area contributed by atoms with Crippen LogP contribution in [0, 0.1) is 6.92 Å². The fourth-order valence-corrected chi connectivity index (χ4v) is 4.51. The van der Waals surface area contributed by atoms with E-state index in [1.165, 1.54) is 16.7 Å². The topological polar surface area (TPSA) is 69.5 Å². The Bertz CT molecular complexity index is 1170. The fraction of sp³-hybridized carbons (Fsp3) is 0.280. The first kappa shape index (κ1) is 21.6. The summed E-state index contributed by atoms with van der Waals surface area (Å²) in [5.74, 6) is 2.01. The average molecular weight is 458 g/mol. The second kappa shape index (κ2) is 9.72. The number of hydrogen-bond acceptors (Lipinski definition) is 8. The SMILES string of the molecule is Cc1ccc(C2=CC(Nc3nc(Sc4ccccc4)nc(N4CCN(C)CC4)n3)=NC2)cc1. The Balaban J connectivity index is 1.39. The summed E-state index contributed by atoms with van der Waals surface area (Å²) in [6.45, 7) is 6.52. The molecule has 0 bridgehead atoms. The molecular formula is C25H27N7S. The summed E-state index contributed by atoms with van der Waals surface area (Å²) >= 11 is 1.54. The highest BCUT2D eigenvalue weighted by Gasteiger charge is 2.20. The maximum Gasteiger partial charge on any atom is 0.234 e. The van der Waals surface area contributed by atoms with Gasteiger partial charge in [0.1, 0.15) is 5.84 Å². The van der Waals surface area contributed by atoms with Gasteiger partial charge in [-0.3, -0.25) is 4.99 Å². The molecule has 2 aliphatic heterocycles. The van der Waals surface area contributed by atoms with Crippen molar-refractivity contribution in [3.05, 3.63) is 71.8 Å². The summed E-state index contributed by atoms with van der Waals surface area (Å²) in [6.07, 6.45) is 2.08. The molecule has 168 valence electrons. The summed E-state index contributed by atoms with van der Waals surface area (Å²) in [6, 6.07) is 18.7. The molecule has 2 aromatic carbocycles. The number of hydrogen-bond donors (Lipinski definition) is 1. The normalized spacial score (nSPS) is 16.5. The summed E-state index contributed by atoms with van der Waals surface area (Å²) in [7, 11) is 2.14. The quantitative estimate of drug-likeness (QED) is 0.621. The van der Waals surface area contributed by atoms with Crippen LogP contribution < -0.4 is 10.2 Å². The molecule has 5 rings (SSSR count). The molecule has 2 aliphatic rings. The summed E-state index contributed by atoms with van der Waals surface area (Å²) < 4.78 is 0. The van der Waals surface area contributed by atoms with E-state index in [0.29, 0.717) is 23.6 Å². The number of nitrogens with zero attached hydrogens (tertiary/aromatic N) is 6. The number of amidine groups is 1. The second-order valence-corrected chi connectivity index (χ2v) is 9.35. The van der Waals surface area contributed by atoms with Gasteiger partial charge >= 0.3 is 0 Å². The zero-order valence-electron chi connectivity index (χ0n) is 18.9. The smallest absolute Gasteiger partial charge is 0.234 e. The lowest BCUT2D eigenvalue weighted by Crippen LogP contribution is -2.45. The molecule has 3 aromatic rings. The highest BCUT2D eigenvalue weighted by molar-refractivity contribution is 7.99. The Morgan fingerprint density at radius 1 is 0.879 bits per heavy atom. The van der Waals surface area contributed by atoms with Gasteiger partial charge in [0.2, 0.25) is 11.9 Å². The van der Waals surface area contributed by atoms with Gasteiger partial charge in [-0.2, -0.15) is 15.0 Å². The van der Waals surface area contributed by atoms with Gasteiger partial charge < -0.3 is 15.1 Å². The average Bonchev–Trinajstić information content (AvgIpc) is 3.29. The standard InChI is InChI=1S/C25H27N7S/c1-18-8-10-19(11-9-18)20-16-22(26-17-20)27-23-28-24(32-14-12-31(2)13-15-32)30-25(29-23)33-21-6-4-3-5-7-21/h3-11,16H,12-15,17H2,1-2H3,(H,26,27,28,29,30). The molecule has 1 fully saturated rings. The number of benzene rings is 2. The van der Waals surface area contributed by atoms with Crippen molar-refractivity contribution in [2.75, 3.05) is 50.0 Å². The lowest BCUT2D eigenvalue weighted by Gasteiger charge is -2.32. The zero-order valence-corrected chi connectivity index (χ0v) is 19.7. The summed E-state index contributed by atoms with van der Waals surface area (Å²) in [5, 5.41) is 4.00. The number of aliphatic imine (C=N–C) groups is 1. The Morgan fingerprint density at radius 3 is 2.39 bits per heavy atom. The van der Waals surface area contributed by atoms with Crippen molar-refractivity contribution >= 4 is 35.1 Å². The Labute approximate surface area is 198 Å². The number of piperazine rings is 1. The van der Waals surface area contributed by atoms with E-state index in [1.54, 1.807) is 11.8 Å². The molecule has 1 aromatic heterocycles. The predicted molar refractivity (Wildman–Crippen MR) is 135 cm³/mol. The van der Waals surface area contributed by atoms with Gasteiger partial charge in [-0.25, -0.2) is 0 Å². The minimum atomic E-state index is 0.525. The maximum absolute atomic E-state index is 4.78. The Hall–Kier alpha value is -3.23. The molecule has 0 saturated carbocycles. The lowest BCUT2D eigenvalue weighted by atomic mass is 10.1. The highest BCUT2D eigenvalue weighted by atomic mass is 32.2. The molecule has 0 unspecified atom stereocenters. The number of nitrogens with one attached hydrogen (secondary N) is 1. The number of rotatable bonds is 5. The molecule has 0 atom stereocenters. The molecular weight excluding hydrogens is 430 g/mol. The van der Waals surface area contributed by atoms with Crippen LogP contribution in [0.4, 0.5) is 11.9 Å². The Kier molecular flexibility index (Phi) is 6.37. The van der Waals surface area contributed by atoms with E-state index in [1.807, 2.05) is 18.2 Å². The van der Waals surface area contributed by atoms with E-state index in [9.17, 15) is 0 Å². The maximum atomic E-state index is 4.78. The van der Waals surface area contributed by atoms with Crippen LogP contribution in [0.2, 0.25) is 0 Å². The first-order valence-corrected chi connectivity index (χ1v) is 12.0. The van der Waals surface area contributed by atoms with Gasteiger partial charge in [-0.05, 0) is 55.1 Å². The van der Waals surface area contributed by atoms with Crippen LogP contribution in [0.5, 0.6) is 0 Å². The number of aryl methyl sites for hydroxylation is 1. The molecule has 33 heavy (non-hydrogen) atoms. The minimum Gasteiger partial charge on any atom is -0.338 e. The van der Waals surface area contributed by atoms with E-state index in [4.69, 9.17) is 15.0 Å². The molecule has 0 aliphatic carbocycles. The highest BCUT2D eigenvalue weighted by Crippen LogP contribution is 2.27. The number of aromatic nitrogens is 3. The van der Waals surface area contributed by atoms with Gasteiger partial charge in [0, 0.05) is 31.1 Å². The fourth-order valence-electron chi connectivity index (χ4n) is 3.75. The molecule has 1 N–H and O–H groups in total. The monoisotopic (exact) mass is 457 g/mol. The molecule has 0 amide bonds. The van der Waals surface area contributed by atoms with Gasteiger partial charge in [0.05, 0.1) is 6.54 Å². The molecule has 3 heterocycles. The van der Waals surface area contributed by atoms with E-state index in [2.05, 4.69) is 76.6 Å². The summed E-state index contributed by atoms with van der Waals surface area (Å²) in [5.41, 5.74) is 3.63. The van der Waals surface area contributed by atoms with E-state index in [0.717, 1.165) is 36.9 Å². The van der Waals surface area contributed by atoms with E-state index in [-0.39, 0.29) is 0 Å². The summed E-state index contributed by atoms with van der Waals surface area (Å²) in [4.78, 5) is 24.5. The van der Waals surface area contributed by atoms with Crippen molar-refractivity contribution in [3.63, 3.8) is 0 Å². The molecule has 8 heteroatoms. The second-order valence-electron chi connectivity index (χ2n) is 8.31. The van der Waals surface area contributed by atoms with E-state index >= 15 is 0 Å².